The van der Waals surface area contributed by atoms with Gasteiger partial charge in [0, 0.05) is 7.05 Å². The number of hydrogen-bond acceptors (Lipinski definition) is 8. The van der Waals surface area contributed by atoms with Gasteiger partial charge in [-0.25, -0.2) is 14.8 Å². The average Bonchev–Trinajstić information content (AvgIpc) is 3.09. The molecule has 2 heterocycles. The molecule has 9 nitrogen and oxygen atoms in total. The predicted octanol–water partition coefficient (Wildman–Crippen LogP) is 4.03. The number of esters is 2. The second-order valence-corrected chi connectivity index (χ2v) is 9.76. The zero-order valence-corrected chi connectivity index (χ0v) is 20.5. The summed E-state index contributed by atoms with van der Waals surface area (Å²) in [4.78, 5) is 34.0. The van der Waals surface area contributed by atoms with Gasteiger partial charge in [0.05, 0.1) is 41.8 Å². The molecule has 0 spiro atoms. The van der Waals surface area contributed by atoms with Gasteiger partial charge in [0.2, 0.25) is 0 Å². The predicted molar refractivity (Wildman–Crippen MR) is 122 cm³/mol. The molecule has 0 aliphatic heterocycles. The normalized spacial score (nSPS) is 18.8. The van der Waals surface area contributed by atoms with Crippen LogP contribution in [0.2, 0.25) is 0 Å². The standard InChI is InChI=1S/C24H34N4O5/c1-14(2)31-22(29)16-9-8-10-17(11-16)32-19-13-25-21(27-15(19)3)18-12-26-28(7)20(18)23(30)33-24(4,5)6/h12-14,16-17H,8-11H2,1-7H3/t16?,17-/m0/s1. The molecule has 2 aromatic heterocycles. The number of aromatic nitrogens is 4. The van der Waals surface area contributed by atoms with Crippen molar-refractivity contribution in [3.63, 3.8) is 0 Å². The molecular formula is C24H34N4O5. The van der Waals surface area contributed by atoms with E-state index in [0.717, 1.165) is 19.3 Å². The number of ether oxygens (including phenoxy) is 3. The Balaban J connectivity index is 1.75. The lowest BCUT2D eigenvalue weighted by molar-refractivity contribution is -0.154. The van der Waals surface area contributed by atoms with E-state index in [-0.39, 0.29) is 29.8 Å². The number of carbonyl (C=O) groups excluding carboxylic acids is 2. The van der Waals surface area contributed by atoms with Gasteiger partial charge in [-0.15, -0.1) is 0 Å². The average molecular weight is 459 g/mol. The molecule has 3 rings (SSSR count). The molecule has 0 aromatic carbocycles. The largest absolute Gasteiger partial charge is 0.487 e. The van der Waals surface area contributed by atoms with Crippen LogP contribution in [0.4, 0.5) is 0 Å². The third-order valence-corrected chi connectivity index (χ3v) is 5.31. The fourth-order valence-electron chi connectivity index (χ4n) is 3.85. The highest BCUT2D eigenvalue weighted by Crippen LogP contribution is 2.31. The fourth-order valence-corrected chi connectivity index (χ4v) is 3.85. The lowest BCUT2D eigenvalue weighted by Gasteiger charge is -2.29. The van der Waals surface area contributed by atoms with E-state index < -0.39 is 11.6 Å². The summed E-state index contributed by atoms with van der Waals surface area (Å²) in [5.74, 6) is 0.132. The van der Waals surface area contributed by atoms with Crippen molar-refractivity contribution in [1.29, 1.82) is 0 Å². The number of nitrogens with zero attached hydrogens (tertiary/aromatic N) is 4. The number of rotatable bonds is 6. The number of carbonyl (C=O) groups is 2. The minimum absolute atomic E-state index is 0.104. The molecule has 1 aliphatic carbocycles. The first kappa shape index (κ1) is 24.7. The Bertz CT molecular complexity index is 1010. The summed E-state index contributed by atoms with van der Waals surface area (Å²) in [7, 11) is 1.68. The van der Waals surface area contributed by atoms with Crippen LogP contribution in [0.1, 0.15) is 76.5 Å². The maximum Gasteiger partial charge on any atom is 0.357 e. The van der Waals surface area contributed by atoms with E-state index in [1.165, 1.54) is 4.68 Å². The van der Waals surface area contributed by atoms with Crippen LogP contribution in [0.3, 0.4) is 0 Å². The number of hydrogen-bond donors (Lipinski definition) is 0. The van der Waals surface area contributed by atoms with Gasteiger partial charge in [0.25, 0.3) is 0 Å². The van der Waals surface area contributed by atoms with E-state index in [0.29, 0.717) is 29.3 Å². The third-order valence-electron chi connectivity index (χ3n) is 5.31. The van der Waals surface area contributed by atoms with Gasteiger partial charge in [-0.1, -0.05) is 0 Å². The lowest BCUT2D eigenvalue weighted by atomic mass is 9.87. The molecule has 0 saturated heterocycles. The van der Waals surface area contributed by atoms with Crippen molar-refractivity contribution in [3.8, 4) is 17.1 Å². The quantitative estimate of drug-likeness (QED) is 0.598. The van der Waals surface area contributed by atoms with E-state index in [4.69, 9.17) is 14.2 Å². The Labute approximate surface area is 194 Å². The molecule has 2 aromatic rings. The van der Waals surface area contributed by atoms with Gasteiger partial charge in [0.1, 0.15) is 5.60 Å². The summed E-state index contributed by atoms with van der Waals surface area (Å²) in [6.07, 6.45) is 6.12. The van der Waals surface area contributed by atoms with Crippen LogP contribution in [0.5, 0.6) is 5.75 Å². The monoisotopic (exact) mass is 458 g/mol. The molecule has 0 amide bonds. The van der Waals surface area contributed by atoms with Crippen LogP contribution >= 0.6 is 0 Å². The van der Waals surface area contributed by atoms with Crippen molar-refractivity contribution in [2.45, 2.75) is 85.0 Å². The van der Waals surface area contributed by atoms with Gasteiger partial charge >= 0.3 is 11.9 Å². The first-order chi connectivity index (χ1) is 15.4. The summed E-state index contributed by atoms with van der Waals surface area (Å²) in [5.41, 5.74) is 0.797. The zero-order chi connectivity index (χ0) is 24.3. The smallest absolute Gasteiger partial charge is 0.357 e. The molecule has 0 radical (unpaired) electrons. The second kappa shape index (κ2) is 9.89. The highest BCUT2D eigenvalue weighted by molar-refractivity contribution is 5.94. The van der Waals surface area contributed by atoms with Crippen molar-refractivity contribution in [1.82, 2.24) is 19.7 Å². The molecular weight excluding hydrogens is 424 g/mol. The van der Waals surface area contributed by atoms with Crippen molar-refractivity contribution >= 4 is 11.9 Å². The van der Waals surface area contributed by atoms with Crippen LogP contribution < -0.4 is 4.74 Å². The van der Waals surface area contributed by atoms with E-state index in [9.17, 15) is 9.59 Å². The molecule has 1 aliphatic rings. The van der Waals surface area contributed by atoms with Gasteiger partial charge in [-0.05, 0) is 67.2 Å². The van der Waals surface area contributed by atoms with E-state index in [1.54, 1.807) is 19.4 Å². The van der Waals surface area contributed by atoms with Crippen LogP contribution in [0, 0.1) is 12.8 Å². The van der Waals surface area contributed by atoms with Crippen LogP contribution in [-0.4, -0.2) is 49.5 Å². The Morgan fingerprint density at radius 2 is 1.91 bits per heavy atom. The van der Waals surface area contributed by atoms with Gasteiger partial charge in [0.15, 0.2) is 17.3 Å². The van der Waals surface area contributed by atoms with E-state index in [2.05, 4.69) is 15.1 Å². The number of aryl methyl sites for hydroxylation is 2. The molecule has 1 saturated carbocycles. The maximum atomic E-state index is 12.7. The molecule has 1 unspecified atom stereocenters. The molecule has 2 atom stereocenters. The minimum atomic E-state index is -0.632. The topological polar surface area (TPSA) is 105 Å². The van der Waals surface area contributed by atoms with Crippen molar-refractivity contribution in [2.24, 2.45) is 13.0 Å². The highest BCUT2D eigenvalue weighted by Gasteiger charge is 2.31. The maximum absolute atomic E-state index is 12.7. The van der Waals surface area contributed by atoms with Gasteiger partial charge < -0.3 is 14.2 Å². The summed E-state index contributed by atoms with van der Waals surface area (Å²) in [6, 6.07) is 0. The lowest BCUT2D eigenvalue weighted by Crippen LogP contribution is -2.32. The van der Waals surface area contributed by atoms with Crippen molar-refractivity contribution in [2.75, 3.05) is 0 Å². The molecule has 9 heteroatoms. The molecule has 0 bridgehead atoms. The summed E-state index contributed by atoms with van der Waals surface area (Å²) in [6.45, 7) is 11.0. The van der Waals surface area contributed by atoms with Crippen LogP contribution in [0.25, 0.3) is 11.4 Å². The summed E-state index contributed by atoms with van der Waals surface area (Å²) >= 11 is 0. The SMILES string of the molecule is Cc1nc(-c2cnn(C)c2C(=O)OC(C)(C)C)ncc1O[C@H]1CCCC(C(=O)OC(C)C)C1. The van der Waals surface area contributed by atoms with Gasteiger partial charge in [-0.2, -0.15) is 5.10 Å². The zero-order valence-electron chi connectivity index (χ0n) is 20.5. The first-order valence-electron chi connectivity index (χ1n) is 11.4. The third kappa shape index (κ3) is 6.30. The van der Waals surface area contributed by atoms with E-state index >= 15 is 0 Å². The molecule has 180 valence electrons. The Hall–Kier alpha value is -2.97. The first-order valence-corrected chi connectivity index (χ1v) is 11.4. The summed E-state index contributed by atoms with van der Waals surface area (Å²) < 4.78 is 18.5. The van der Waals surface area contributed by atoms with E-state index in [1.807, 2.05) is 41.5 Å². The second-order valence-electron chi connectivity index (χ2n) is 9.76. The van der Waals surface area contributed by atoms with Crippen molar-refractivity contribution in [3.05, 3.63) is 23.8 Å². The Morgan fingerprint density at radius 3 is 2.55 bits per heavy atom. The fraction of sp³-hybridized carbons (Fsp3) is 0.625. The molecule has 0 N–H and O–H groups in total. The Kier molecular flexibility index (Phi) is 7.39. The molecule has 1 fully saturated rings. The highest BCUT2D eigenvalue weighted by atomic mass is 16.6. The molecule has 33 heavy (non-hydrogen) atoms. The minimum Gasteiger partial charge on any atom is -0.487 e. The Morgan fingerprint density at radius 1 is 1.18 bits per heavy atom. The summed E-state index contributed by atoms with van der Waals surface area (Å²) in [5, 5.41) is 4.20. The van der Waals surface area contributed by atoms with Gasteiger partial charge in [-0.3, -0.25) is 9.48 Å². The van der Waals surface area contributed by atoms with Crippen molar-refractivity contribution < 1.29 is 23.8 Å². The van der Waals surface area contributed by atoms with Crippen LogP contribution in [0.15, 0.2) is 12.4 Å². The van der Waals surface area contributed by atoms with Crippen LogP contribution in [-0.2, 0) is 21.3 Å².